The minimum Gasteiger partial charge on any atom is -0.491 e. The number of para-hydroxylation sites is 1. The van der Waals surface area contributed by atoms with E-state index in [1.54, 1.807) is 24.4 Å². The average Bonchev–Trinajstić information content (AvgIpc) is 3.81. The molecule has 1 aliphatic heterocycles. The zero-order valence-electron chi connectivity index (χ0n) is 31.1. The van der Waals surface area contributed by atoms with Crippen LogP contribution >= 0.6 is 22.9 Å². The molecule has 5 heterocycles. The van der Waals surface area contributed by atoms with Crippen LogP contribution in [0.5, 0.6) is 17.5 Å². The number of anilines is 1. The van der Waals surface area contributed by atoms with Crippen molar-refractivity contribution in [1.82, 2.24) is 29.7 Å². The first-order valence-corrected chi connectivity index (χ1v) is 19.4. The molecule has 1 aliphatic rings. The summed E-state index contributed by atoms with van der Waals surface area (Å²) in [6.07, 6.45) is 3.00. The second-order valence-electron chi connectivity index (χ2n) is 13.3. The molecule has 4 aromatic heterocycles. The van der Waals surface area contributed by atoms with Crippen molar-refractivity contribution in [3.63, 3.8) is 0 Å². The number of rotatable bonds is 16. The number of fused-ring (bicyclic) bond motifs is 1. The molecule has 0 spiro atoms. The predicted molar refractivity (Wildman–Crippen MR) is 212 cm³/mol. The highest BCUT2D eigenvalue weighted by Gasteiger charge is 2.28. The number of carboxylic acids is 1. The van der Waals surface area contributed by atoms with E-state index in [0.717, 1.165) is 32.7 Å². The summed E-state index contributed by atoms with van der Waals surface area (Å²) < 4.78 is 37.5. The minimum absolute atomic E-state index is 0.0473. The fourth-order valence-electron chi connectivity index (χ4n) is 6.51. The normalized spacial score (nSPS) is 14.2. The molecule has 1 atom stereocenters. The molecule has 1 fully saturated rings. The van der Waals surface area contributed by atoms with E-state index in [0.29, 0.717) is 72.8 Å². The van der Waals surface area contributed by atoms with Gasteiger partial charge in [-0.15, -0.1) is 11.3 Å². The number of thiophene rings is 1. The van der Waals surface area contributed by atoms with Gasteiger partial charge in [0.2, 0.25) is 0 Å². The lowest BCUT2D eigenvalue weighted by Crippen LogP contribution is -2.45. The molecule has 292 valence electrons. The lowest BCUT2D eigenvalue weighted by Gasteiger charge is -2.32. The van der Waals surface area contributed by atoms with Gasteiger partial charge < -0.3 is 34.0 Å². The van der Waals surface area contributed by atoms with Gasteiger partial charge in [-0.1, -0.05) is 35.9 Å². The van der Waals surface area contributed by atoms with Crippen molar-refractivity contribution in [1.29, 1.82) is 0 Å². The Balaban J connectivity index is 1.19. The summed E-state index contributed by atoms with van der Waals surface area (Å²) in [5.41, 5.74) is 3.30. The quantitative estimate of drug-likeness (QED) is 0.102. The standard InChI is InChI=1S/C40H41ClFN7O6S/c1-4-52-40-43-14-13-26(46-40)22-54-29-8-6-5-7-25(29)21-28(39(50)51)47-37-34-33(36(31-11-12-32(42)55-31)56-38(34)45-23-44-37)27-9-10-30(35(41)24(27)2)53-20-19-49-17-15-48(3)16-18-49/h5-14,23,28H,4,15-22H2,1-3H3,(H,50,51)(H,44,45,47). The molecule has 16 heteroatoms. The number of ether oxygens (including phenoxy) is 3. The molecular weight excluding hydrogens is 761 g/mol. The summed E-state index contributed by atoms with van der Waals surface area (Å²) in [4.78, 5) is 36.2. The smallest absolute Gasteiger partial charge is 0.326 e. The number of nitrogens with one attached hydrogen (secondary N) is 1. The third-order valence-corrected chi connectivity index (χ3v) is 11.1. The molecule has 0 radical (unpaired) electrons. The van der Waals surface area contributed by atoms with Crippen LogP contribution in [0.25, 0.3) is 32.0 Å². The van der Waals surface area contributed by atoms with E-state index in [9.17, 15) is 14.3 Å². The van der Waals surface area contributed by atoms with Crippen molar-refractivity contribution >= 4 is 44.9 Å². The van der Waals surface area contributed by atoms with Crippen molar-refractivity contribution in [3.8, 4) is 39.3 Å². The topological polar surface area (TPSA) is 148 Å². The number of aliphatic carboxylic acids is 1. The van der Waals surface area contributed by atoms with E-state index in [-0.39, 0.29) is 30.6 Å². The largest absolute Gasteiger partial charge is 0.491 e. The molecule has 0 aliphatic carbocycles. The lowest BCUT2D eigenvalue weighted by molar-refractivity contribution is -0.137. The maximum Gasteiger partial charge on any atom is 0.326 e. The van der Waals surface area contributed by atoms with Crippen LogP contribution in [0.4, 0.5) is 10.2 Å². The number of furan rings is 1. The Labute approximate surface area is 332 Å². The zero-order chi connectivity index (χ0) is 39.2. The Bertz CT molecular complexity index is 2310. The van der Waals surface area contributed by atoms with Crippen molar-refractivity contribution in [2.24, 2.45) is 0 Å². The zero-order valence-corrected chi connectivity index (χ0v) is 32.7. The molecule has 1 saturated heterocycles. The summed E-state index contributed by atoms with van der Waals surface area (Å²) in [6.45, 7) is 9.52. The number of carbonyl (C=O) groups is 1. The van der Waals surface area contributed by atoms with Gasteiger partial charge >= 0.3 is 12.0 Å². The van der Waals surface area contributed by atoms with Crippen molar-refractivity contribution in [2.75, 3.05) is 58.3 Å². The Morgan fingerprint density at radius 2 is 1.86 bits per heavy atom. The number of nitrogens with zero attached hydrogens (tertiary/aromatic N) is 6. The monoisotopic (exact) mass is 801 g/mol. The maximum atomic E-state index is 14.3. The molecular formula is C40H41ClFN7O6S. The van der Waals surface area contributed by atoms with Gasteiger partial charge in [-0.2, -0.15) is 9.37 Å². The average molecular weight is 802 g/mol. The Morgan fingerprint density at radius 3 is 2.62 bits per heavy atom. The number of carboxylic acid groups (broad SMARTS) is 1. The van der Waals surface area contributed by atoms with Crippen LogP contribution in [0.1, 0.15) is 23.7 Å². The molecule has 0 bridgehead atoms. The van der Waals surface area contributed by atoms with Crippen molar-refractivity contribution < 1.29 is 32.9 Å². The number of likely N-dealkylation sites (N-methyl/N-ethyl adjacent to an activating group) is 1. The second kappa shape index (κ2) is 17.6. The molecule has 2 N–H and O–H groups in total. The number of piperazine rings is 1. The molecule has 1 unspecified atom stereocenters. The van der Waals surface area contributed by atoms with Gasteiger partial charge in [0.15, 0.2) is 0 Å². The van der Waals surface area contributed by atoms with Crippen LogP contribution in [0.15, 0.2) is 71.5 Å². The number of benzene rings is 2. The minimum atomic E-state index is -1.14. The molecule has 0 amide bonds. The second-order valence-corrected chi connectivity index (χ2v) is 14.6. The molecule has 13 nitrogen and oxygen atoms in total. The van der Waals surface area contributed by atoms with Gasteiger partial charge in [0.25, 0.3) is 6.01 Å². The van der Waals surface area contributed by atoms with Crippen LogP contribution in [0.3, 0.4) is 0 Å². The Kier molecular flexibility index (Phi) is 12.2. The summed E-state index contributed by atoms with van der Waals surface area (Å²) in [7, 11) is 2.12. The lowest BCUT2D eigenvalue weighted by atomic mass is 9.97. The van der Waals surface area contributed by atoms with Gasteiger partial charge in [0.05, 0.1) is 27.6 Å². The van der Waals surface area contributed by atoms with E-state index < -0.39 is 18.0 Å². The third-order valence-electron chi connectivity index (χ3n) is 9.51. The van der Waals surface area contributed by atoms with Crippen molar-refractivity contribution in [3.05, 3.63) is 95.0 Å². The first-order chi connectivity index (χ1) is 27.2. The van der Waals surface area contributed by atoms with Gasteiger partial charge in [0.1, 0.15) is 53.5 Å². The number of hydrogen-bond acceptors (Lipinski definition) is 13. The fraction of sp³-hybridized carbons (Fsp3) is 0.325. The van der Waals surface area contributed by atoms with Crippen LogP contribution in [0, 0.1) is 12.9 Å². The highest BCUT2D eigenvalue weighted by Crippen LogP contribution is 2.49. The van der Waals surface area contributed by atoms with Crippen LogP contribution in [0.2, 0.25) is 5.02 Å². The highest BCUT2D eigenvalue weighted by molar-refractivity contribution is 7.22. The highest BCUT2D eigenvalue weighted by atomic mass is 35.5. The van der Waals surface area contributed by atoms with Crippen molar-refractivity contribution in [2.45, 2.75) is 32.9 Å². The SMILES string of the molecule is CCOc1nccc(COc2ccccc2CC(Nc2ncnc3sc(-c4ccc(F)o4)c(-c4ccc(OCCN5CCN(C)CC5)c(Cl)c4C)c23)C(=O)O)n1. The van der Waals surface area contributed by atoms with E-state index in [4.69, 9.17) is 30.2 Å². The molecule has 56 heavy (non-hydrogen) atoms. The predicted octanol–water partition coefficient (Wildman–Crippen LogP) is 7.22. The van der Waals surface area contributed by atoms with E-state index in [1.165, 1.54) is 23.7 Å². The van der Waals surface area contributed by atoms with Gasteiger partial charge in [-0.25, -0.2) is 19.7 Å². The fourth-order valence-corrected chi connectivity index (χ4v) is 7.85. The summed E-state index contributed by atoms with van der Waals surface area (Å²) in [5.74, 6) is 0.499. The Morgan fingerprint density at radius 1 is 1.04 bits per heavy atom. The molecule has 7 rings (SSSR count). The molecule has 6 aromatic rings. The first kappa shape index (κ1) is 38.9. The van der Waals surface area contributed by atoms with Crippen LogP contribution in [-0.2, 0) is 17.8 Å². The molecule has 2 aromatic carbocycles. The van der Waals surface area contributed by atoms with Gasteiger partial charge in [-0.3, -0.25) is 4.90 Å². The van der Waals surface area contributed by atoms with E-state index >= 15 is 0 Å². The summed E-state index contributed by atoms with van der Waals surface area (Å²) in [6, 6.07) is 13.8. The summed E-state index contributed by atoms with van der Waals surface area (Å²) in [5, 5.41) is 14.7. The van der Waals surface area contributed by atoms with E-state index in [1.807, 2.05) is 44.2 Å². The van der Waals surface area contributed by atoms with Gasteiger partial charge in [-0.05, 0) is 61.9 Å². The first-order valence-electron chi connectivity index (χ1n) is 18.2. The number of halogens is 2. The van der Waals surface area contributed by atoms with Crippen LogP contribution < -0.4 is 19.5 Å². The number of aromatic nitrogens is 4. The maximum absolute atomic E-state index is 14.3. The molecule has 0 saturated carbocycles. The summed E-state index contributed by atoms with van der Waals surface area (Å²) >= 11 is 8.27. The Hall–Kier alpha value is -5.35. The van der Waals surface area contributed by atoms with E-state index in [2.05, 4.69) is 42.1 Å². The number of hydrogen-bond donors (Lipinski definition) is 2. The van der Waals surface area contributed by atoms with Gasteiger partial charge in [0, 0.05) is 57.0 Å². The van der Waals surface area contributed by atoms with Crippen LogP contribution in [-0.4, -0.2) is 99.8 Å². The third kappa shape index (κ3) is 8.86.